The van der Waals surface area contributed by atoms with Gasteiger partial charge in [-0.25, -0.2) is 9.82 Å². The van der Waals surface area contributed by atoms with E-state index in [-0.39, 0.29) is 11.9 Å². The third-order valence-corrected chi connectivity index (χ3v) is 3.85. The van der Waals surface area contributed by atoms with Crippen molar-refractivity contribution in [3.63, 3.8) is 0 Å². The van der Waals surface area contributed by atoms with Crippen LogP contribution in [-0.4, -0.2) is 0 Å². The van der Waals surface area contributed by atoms with Crippen molar-refractivity contribution in [3.8, 4) is 0 Å². The molecule has 3 N–H and O–H groups in total. The van der Waals surface area contributed by atoms with Crippen LogP contribution in [-0.2, 0) is 0 Å². The number of hydrogen-bond acceptors (Lipinski definition) is 2. The summed E-state index contributed by atoms with van der Waals surface area (Å²) in [7, 11) is 0. The van der Waals surface area contributed by atoms with E-state index in [1.54, 1.807) is 12.1 Å². The van der Waals surface area contributed by atoms with Crippen LogP contribution >= 0.6 is 15.9 Å². The zero-order chi connectivity index (χ0) is 13.1. The van der Waals surface area contributed by atoms with Crippen molar-refractivity contribution in [2.75, 3.05) is 0 Å². The molecule has 0 aliphatic heterocycles. The molecular weight excluding hydrogens is 295 g/mol. The van der Waals surface area contributed by atoms with E-state index in [0.717, 1.165) is 21.2 Å². The monoisotopic (exact) mass is 308 g/mol. The van der Waals surface area contributed by atoms with E-state index in [0.29, 0.717) is 0 Å². The van der Waals surface area contributed by atoms with E-state index in [9.17, 15) is 4.39 Å². The number of benzene rings is 2. The molecule has 0 spiro atoms. The van der Waals surface area contributed by atoms with Gasteiger partial charge in [0.05, 0.1) is 6.04 Å². The number of nitrogens with two attached hydrogens (primary N) is 1. The highest BCUT2D eigenvalue weighted by molar-refractivity contribution is 9.10. The van der Waals surface area contributed by atoms with Crippen molar-refractivity contribution in [2.24, 2.45) is 5.84 Å². The highest BCUT2D eigenvalue weighted by atomic mass is 79.9. The average molecular weight is 309 g/mol. The summed E-state index contributed by atoms with van der Waals surface area (Å²) in [4.78, 5) is 0. The SMILES string of the molecule is Cc1c(Br)cccc1C(NN)c1ccc(F)cc1. The van der Waals surface area contributed by atoms with Crippen LogP contribution in [0.15, 0.2) is 46.9 Å². The second kappa shape index (κ2) is 5.61. The molecule has 0 radical (unpaired) electrons. The van der Waals surface area contributed by atoms with E-state index in [2.05, 4.69) is 21.4 Å². The minimum atomic E-state index is -0.250. The number of nitrogens with one attached hydrogen (secondary N) is 1. The number of rotatable bonds is 3. The Labute approximate surface area is 114 Å². The lowest BCUT2D eigenvalue weighted by Crippen LogP contribution is -2.29. The maximum Gasteiger partial charge on any atom is 0.123 e. The minimum absolute atomic E-state index is 0.150. The van der Waals surface area contributed by atoms with Crippen molar-refractivity contribution in [1.29, 1.82) is 0 Å². The van der Waals surface area contributed by atoms with Crippen LogP contribution in [0, 0.1) is 12.7 Å². The minimum Gasteiger partial charge on any atom is -0.271 e. The molecule has 0 aromatic heterocycles. The highest BCUT2D eigenvalue weighted by Gasteiger charge is 2.15. The summed E-state index contributed by atoms with van der Waals surface area (Å²) in [6.45, 7) is 2.02. The lowest BCUT2D eigenvalue weighted by Gasteiger charge is -2.19. The zero-order valence-corrected chi connectivity index (χ0v) is 11.5. The van der Waals surface area contributed by atoms with Crippen LogP contribution in [0.3, 0.4) is 0 Å². The number of halogens is 2. The number of hydrogen-bond donors (Lipinski definition) is 2. The first kappa shape index (κ1) is 13.2. The molecule has 1 unspecified atom stereocenters. The summed E-state index contributed by atoms with van der Waals surface area (Å²) in [5.74, 6) is 5.39. The Morgan fingerprint density at radius 2 is 1.83 bits per heavy atom. The maximum absolute atomic E-state index is 12.9. The summed E-state index contributed by atoms with van der Waals surface area (Å²) in [6.07, 6.45) is 0. The topological polar surface area (TPSA) is 38.0 Å². The lowest BCUT2D eigenvalue weighted by atomic mass is 9.95. The van der Waals surface area contributed by atoms with Gasteiger partial charge in [0.15, 0.2) is 0 Å². The van der Waals surface area contributed by atoms with Crippen LogP contribution in [0.1, 0.15) is 22.7 Å². The van der Waals surface area contributed by atoms with Gasteiger partial charge in [-0.3, -0.25) is 5.84 Å². The zero-order valence-electron chi connectivity index (χ0n) is 9.95. The fraction of sp³-hybridized carbons (Fsp3) is 0.143. The second-order valence-electron chi connectivity index (χ2n) is 4.11. The van der Waals surface area contributed by atoms with E-state index in [1.807, 2.05) is 25.1 Å². The van der Waals surface area contributed by atoms with Crippen molar-refractivity contribution < 1.29 is 4.39 Å². The predicted octanol–water partition coefficient (Wildman–Crippen LogP) is 3.45. The molecule has 94 valence electrons. The molecule has 2 rings (SSSR count). The molecule has 4 heteroatoms. The van der Waals surface area contributed by atoms with Crippen molar-refractivity contribution in [2.45, 2.75) is 13.0 Å². The fourth-order valence-corrected chi connectivity index (χ4v) is 2.34. The number of hydrazine groups is 1. The van der Waals surface area contributed by atoms with Crippen molar-refractivity contribution in [1.82, 2.24) is 5.43 Å². The molecule has 18 heavy (non-hydrogen) atoms. The highest BCUT2D eigenvalue weighted by Crippen LogP contribution is 2.28. The molecule has 0 aliphatic carbocycles. The second-order valence-corrected chi connectivity index (χ2v) is 4.96. The molecule has 0 saturated heterocycles. The Morgan fingerprint density at radius 1 is 1.17 bits per heavy atom. The molecule has 0 bridgehead atoms. The lowest BCUT2D eigenvalue weighted by molar-refractivity contribution is 0.614. The Balaban J connectivity index is 2.45. The van der Waals surface area contributed by atoms with Gasteiger partial charge in [-0.1, -0.05) is 40.2 Å². The standard InChI is InChI=1S/C14H14BrFN2/c1-9-12(3-2-4-13(9)15)14(18-17)10-5-7-11(16)8-6-10/h2-8,14,18H,17H2,1H3. The van der Waals surface area contributed by atoms with Crippen LogP contribution in [0.5, 0.6) is 0 Å². The van der Waals surface area contributed by atoms with Crippen LogP contribution in [0.25, 0.3) is 0 Å². The summed E-state index contributed by atoms with van der Waals surface area (Å²) >= 11 is 3.50. The Hall–Kier alpha value is -1.23. The van der Waals surface area contributed by atoms with Gasteiger partial charge < -0.3 is 0 Å². The summed E-state index contributed by atoms with van der Waals surface area (Å²) in [5.41, 5.74) is 5.89. The van der Waals surface area contributed by atoms with Gasteiger partial charge in [0.1, 0.15) is 5.82 Å². The van der Waals surface area contributed by atoms with Gasteiger partial charge in [-0.15, -0.1) is 0 Å². The predicted molar refractivity (Wildman–Crippen MR) is 74.4 cm³/mol. The van der Waals surface area contributed by atoms with Gasteiger partial charge in [-0.05, 0) is 41.8 Å². The normalized spacial score (nSPS) is 12.4. The van der Waals surface area contributed by atoms with Gasteiger partial charge in [-0.2, -0.15) is 0 Å². The molecule has 2 nitrogen and oxygen atoms in total. The van der Waals surface area contributed by atoms with Crippen LogP contribution in [0.2, 0.25) is 0 Å². The van der Waals surface area contributed by atoms with Crippen LogP contribution in [0.4, 0.5) is 4.39 Å². The molecule has 0 amide bonds. The van der Waals surface area contributed by atoms with Crippen LogP contribution < -0.4 is 11.3 Å². The Bertz CT molecular complexity index is 540. The van der Waals surface area contributed by atoms with Crippen molar-refractivity contribution >= 4 is 15.9 Å². The smallest absolute Gasteiger partial charge is 0.123 e. The summed E-state index contributed by atoms with van der Waals surface area (Å²) in [5, 5.41) is 0. The first-order valence-electron chi connectivity index (χ1n) is 5.60. The third-order valence-electron chi connectivity index (χ3n) is 2.99. The van der Waals surface area contributed by atoms with Gasteiger partial charge in [0, 0.05) is 4.47 Å². The van der Waals surface area contributed by atoms with E-state index >= 15 is 0 Å². The molecule has 0 saturated carbocycles. The first-order valence-corrected chi connectivity index (χ1v) is 6.39. The van der Waals surface area contributed by atoms with E-state index in [4.69, 9.17) is 5.84 Å². The molecule has 0 aliphatic rings. The quantitative estimate of drug-likeness (QED) is 0.673. The summed E-state index contributed by atoms with van der Waals surface area (Å²) < 4.78 is 14.0. The summed E-state index contributed by atoms with van der Waals surface area (Å²) in [6, 6.07) is 12.1. The third kappa shape index (κ3) is 2.61. The largest absolute Gasteiger partial charge is 0.271 e. The first-order chi connectivity index (χ1) is 8.63. The van der Waals surface area contributed by atoms with E-state index in [1.165, 1.54) is 12.1 Å². The molecule has 0 fully saturated rings. The average Bonchev–Trinajstić information content (AvgIpc) is 2.37. The molecular formula is C14H14BrFN2. The Kier molecular flexibility index (Phi) is 4.11. The van der Waals surface area contributed by atoms with Gasteiger partial charge in [0.25, 0.3) is 0 Å². The fourth-order valence-electron chi connectivity index (χ4n) is 1.96. The molecule has 2 aromatic rings. The van der Waals surface area contributed by atoms with Gasteiger partial charge >= 0.3 is 0 Å². The Morgan fingerprint density at radius 3 is 2.44 bits per heavy atom. The molecule has 2 aromatic carbocycles. The maximum atomic E-state index is 12.9. The molecule has 0 heterocycles. The van der Waals surface area contributed by atoms with E-state index < -0.39 is 0 Å². The molecule has 1 atom stereocenters. The van der Waals surface area contributed by atoms with Crippen molar-refractivity contribution in [3.05, 3.63) is 69.4 Å². The van der Waals surface area contributed by atoms with Gasteiger partial charge in [0.2, 0.25) is 0 Å².